The Hall–Kier alpha value is -4.14. The molecule has 0 aliphatic heterocycles. The van der Waals surface area contributed by atoms with Crippen LogP contribution in [-0.4, -0.2) is 0 Å². The molecule has 0 amide bonds. The molecule has 1 aliphatic rings. The van der Waals surface area contributed by atoms with Crippen molar-refractivity contribution in [3.63, 3.8) is 0 Å². The topological polar surface area (TPSA) is 38.0 Å². The van der Waals surface area contributed by atoms with E-state index in [9.17, 15) is 0 Å². The summed E-state index contributed by atoms with van der Waals surface area (Å²) in [6, 6.07) is 41.0. The van der Waals surface area contributed by atoms with Crippen LogP contribution in [0, 0.1) is 0 Å². The average Bonchev–Trinajstić information content (AvgIpc) is 3.16. The fraction of sp³-hybridized carbons (Fsp3) is 0.143. The molecule has 0 saturated heterocycles. The zero-order valence-corrected chi connectivity index (χ0v) is 21.4. The van der Waals surface area contributed by atoms with Gasteiger partial charge >= 0.3 is 0 Å². The summed E-state index contributed by atoms with van der Waals surface area (Å²) in [6.07, 6.45) is 2.80. The van der Waals surface area contributed by atoms with E-state index in [4.69, 9.17) is 5.73 Å². The predicted molar refractivity (Wildman–Crippen MR) is 156 cm³/mol. The Morgan fingerprint density at radius 1 is 0.757 bits per heavy atom. The SMILES string of the molecule is CC1(C)c2cc3ccccc3cc2-c2c(/C(=C/Cc3ccccc3)NC(N)c3ccccc3)cccc21. The molecule has 0 bridgehead atoms. The quantitative estimate of drug-likeness (QED) is 0.242. The normalized spacial score (nSPS) is 14.7. The molecule has 0 heterocycles. The average molecular weight is 481 g/mol. The maximum atomic E-state index is 6.72. The first-order chi connectivity index (χ1) is 18.0. The highest BCUT2D eigenvalue weighted by Gasteiger charge is 2.37. The Labute approximate surface area is 219 Å². The van der Waals surface area contributed by atoms with Crippen LogP contribution in [-0.2, 0) is 11.8 Å². The third-order valence-electron chi connectivity index (χ3n) is 7.71. The van der Waals surface area contributed by atoms with Crippen LogP contribution in [0.4, 0.5) is 0 Å². The number of rotatable bonds is 6. The van der Waals surface area contributed by atoms with Gasteiger partial charge < -0.3 is 11.1 Å². The molecule has 1 atom stereocenters. The van der Waals surface area contributed by atoms with Crippen molar-refractivity contribution in [1.82, 2.24) is 5.32 Å². The lowest BCUT2D eigenvalue weighted by Gasteiger charge is -2.23. The Morgan fingerprint density at radius 3 is 2.14 bits per heavy atom. The number of nitrogens with one attached hydrogen (secondary N) is 1. The summed E-state index contributed by atoms with van der Waals surface area (Å²) in [7, 11) is 0. The van der Waals surface area contributed by atoms with Crippen LogP contribution in [0.5, 0.6) is 0 Å². The van der Waals surface area contributed by atoms with Gasteiger partial charge in [0.25, 0.3) is 0 Å². The van der Waals surface area contributed by atoms with E-state index in [1.54, 1.807) is 0 Å². The van der Waals surface area contributed by atoms with E-state index < -0.39 is 0 Å². The number of benzene rings is 5. The van der Waals surface area contributed by atoms with E-state index in [0.29, 0.717) is 0 Å². The van der Waals surface area contributed by atoms with Crippen molar-refractivity contribution in [3.05, 3.63) is 149 Å². The van der Waals surface area contributed by atoms with Crippen LogP contribution in [0.3, 0.4) is 0 Å². The third kappa shape index (κ3) is 4.24. The molecule has 0 saturated carbocycles. The molecule has 3 N–H and O–H groups in total. The minimum absolute atomic E-state index is 0.0865. The second kappa shape index (κ2) is 9.38. The minimum atomic E-state index is -0.315. The summed E-state index contributed by atoms with van der Waals surface area (Å²) in [6.45, 7) is 4.68. The Kier molecular flexibility index (Phi) is 5.90. The first-order valence-electron chi connectivity index (χ1n) is 13.0. The molecule has 0 fully saturated rings. The monoisotopic (exact) mass is 480 g/mol. The standard InChI is InChI=1S/C35H32N2/c1-35(2)30-19-11-18-28(33(30)29-22-26-16-9-10-17-27(26)23-31(29)35)32(21-20-24-12-5-3-6-13-24)37-34(36)25-14-7-4-8-15-25/h3-19,21-23,34,37H,20,36H2,1-2H3/b32-21-. The van der Waals surface area contributed by atoms with Crippen LogP contribution < -0.4 is 11.1 Å². The maximum absolute atomic E-state index is 6.72. The lowest BCUT2D eigenvalue weighted by atomic mass is 9.81. The van der Waals surface area contributed by atoms with Gasteiger partial charge in [0.15, 0.2) is 0 Å². The summed E-state index contributed by atoms with van der Waals surface area (Å²) in [5.41, 5.74) is 16.6. The Balaban J connectivity index is 1.51. The second-order valence-corrected chi connectivity index (χ2v) is 10.4. The highest BCUT2D eigenvalue weighted by molar-refractivity contribution is 5.97. The molecule has 0 radical (unpaired) electrons. The molecule has 37 heavy (non-hydrogen) atoms. The van der Waals surface area contributed by atoms with Gasteiger partial charge in [-0.3, -0.25) is 0 Å². The molecule has 2 heteroatoms. The largest absolute Gasteiger partial charge is 0.366 e. The van der Waals surface area contributed by atoms with Gasteiger partial charge in [-0.15, -0.1) is 0 Å². The maximum Gasteiger partial charge on any atom is 0.101 e. The van der Waals surface area contributed by atoms with Crippen molar-refractivity contribution in [2.45, 2.75) is 31.8 Å². The van der Waals surface area contributed by atoms with Crippen molar-refractivity contribution >= 4 is 16.5 Å². The Morgan fingerprint density at radius 2 is 1.41 bits per heavy atom. The lowest BCUT2D eigenvalue weighted by molar-refractivity contribution is 0.659. The highest BCUT2D eigenvalue weighted by atomic mass is 15.0. The number of nitrogens with two attached hydrogens (primary N) is 1. The molecule has 2 nitrogen and oxygen atoms in total. The molecule has 182 valence electrons. The van der Waals surface area contributed by atoms with E-state index in [1.165, 1.54) is 44.2 Å². The number of hydrogen-bond acceptors (Lipinski definition) is 2. The molecule has 1 aliphatic carbocycles. The van der Waals surface area contributed by atoms with Crippen LogP contribution in [0.15, 0.2) is 121 Å². The van der Waals surface area contributed by atoms with E-state index >= 15 is 0 Å². The predicted octanol–water partition coefficient (Wildman–Crippen LogP) is 7.98. The van der Waals surface area contributed by atoms with Crippen molar-refractivity contribution in [2.24, 2.45) is 5.73 Å². The first kappa shape index (κ1) is 23.3. The first-order valence-corrected chi connectivity index (χ1v) is 13.0. The van der Waals surface area contributed by atoms with Gasteiger partial charge in [-0.2, -0.15) is 0 Å². The van der Waals surface area contributed by atoms with Crippen LogP contribution in [0.25, 0.3) is 27.6 Å². The summed E-state index contributed by atoms with van der Waals surface area (Å²) in [5.74, 6) is 0. The summed E-state index contributed by atoms with van der Waals surface area (Å²) < 4.78 is 0. The van der Waals surface area contributed by atoms with Crippen LogP contribution in [0.2, 0.25) is 0 Å². The van der Waals surface area contributed by atoms with Crippen molar-refractivity contribution in [2.75, 3.05) is 0 Å². The molecule has 5 aromatic carbocycles. The van der Waals surface area contributed by atoms with Crippen LogP contribution >= 0.6 is 0 Å². The van der Waals surface area contributed by atoms with Crippen LogP contribution in [0.1, 0.15) is 47.8 Å². The molecule has 1 unspecified atom stereocenters. The summed E-state index contributed by atoms with van der Waals surface area (Å²) >= 11 is 0. The number of fused-ring (bicyclic) bond motifs is 4. The van der Waals surface area contributed by atoms with Gasteiger partial charge in [0.05, 0.1) is 0 Å². The van der Waals surface area contributed by atoms with E-state index in [1.807, 2.05) is 18.2 Å². The van der Waals surface area contributed by atoms with Gasteiger partial charge in [-0.1, -0.05) is 123 Å². The van der Waals surface area contributed by atoms with E-state index in [-0.39, 0.29) is 11.6 Å². The molecule has 0 aromatic heterocycles. The number of hydrogen-bond donors (Lipinski definition) is 2. The highest BCUT2D eigenvalue weighted by Crippen LogP contribution is 2.52. The summed E-state index contributed by atoms with van der Waals surface area (Å²) in [4.78, 5) is 0. The number of allylic oxidation sites excluding steroid dienone is 1. The zero-order valence-electron chi connectivity index (χ0n) is 21.4. The zero-order chi connectivity index (χ0) is 25.4. The Bertz CT molecular complexity index is 1600. The third-order valence-corrected chi connectivity index (χ3v) is 7.71. The lowest BCUT2D eigenvalue weighted by Crippen LogP contribution is -2.28. The van der Waals surface area contributed by atoms with E-state index in [0.717, 1.165) is 17.7 Å². The molecule has 6 rings (SSSR count). The van der Waals surface area contributed by atoms with Gasteiger partial charge in [0, 0.05) is 16.7 Å². The molecular formula is C35H32N2. The smallest absolute Gasteiger partial charge is 0.101 e. The molecule has 0 spiro atoms. The fourth-order valence-corrected chi connectivity index (χ4v) is 5.69. The fourth-order valence-electron chi connectivity index (χ4n) is 5.69. The van der Waals surface area contributed by atoms with Crippen molar-refractivity contribution < 1.29 is 0 Å². The summed E-state index contributed by atoms with van der Waals surface area (Å²) in [5, 5.41) is 6.24. The van der Waals surface area contributed by atoms with Gasteiger partial charge in [-0.25, -0.2) is 0 Å². The van der Waals surface area contributed by atoms with Gasteiger partial charge in [-0.05, 0) is 62.7 Å². The second-order valence-electron chi connectivity index (χ2n) is 10.4. The van der Waals surface area contributed by atoms with Gasteiger partial charge in [0.2, 0.25) is 0 Å². The molecular weight excluding hydrogens is 448 g/mol. The van der Waals surface area contributed by atoms with Crippen molar-refractivity contribution in [3.8, 4) is 11.1 Å². The van der Waals surface area contributed by atoms with Crippen molar-refractivity contribution in [1.29, 1.82) is 0 Å². The van der Waals surface area contributed by atoms with E-state index in [2.05, 4.69) is 122 Å². The molecule has 5 aromatic rings. The minimum Gasteiger partial charge on any atom is -0.366 e. The van der Waals surface area contributed by atoms with Gasteiger partial charge in [0.1, 0.15) is 6.17 Å².